The minimum atomic E-state index is -0.594. The van der Waals surface area contributed by atoms with Gasteiger partial charge in [-0.15, -0.1) is 0 Å². The zero-order valence-electron chi connectivity index (χ0n) is 19.4. The fraction of sp³-hybridized carbons (Fsp3) is 0.148. The number of aryl methyl sites for hydroxylation is 1. The Morgan fingerprint density at radius 3 is 2.31 bits per heavy atom. The molecule has 0 radical (unpaired) electrons. The van der Waals surface area contributed by atoms with Crippen LogP contribution in [0.5, 0.6) is 11.5 Å². The number of anilines is 1. The molecule has 0 atom stereocenters. The highest BCUT2D eigenvalue weighted by atomic mass is 79.9. The minimum absolute atomic E-state index is 0.113. The molecule has 1 N–H and O–H groups in total. The van der Waals surface area contributed by atoms with Crippen LogP contribution in [0.25, 0.3) is 6.08 Å². The molecule has 0 aromatic heterocycles. The summed E-state index contributed by atoms with van der Waals surface area (Å²) in [5.74, 6) is -0.0946. The number of benzene rings is 3. The first-order valence-electron chi connectivity index (χ1n) is 10.5. The van der Waals surface area contributed by atoms with Gasteiger partial charge in [-0.3, -0.25) is 4.79 Å². The van der Waals surface area contributed by atoms with Gasteiger partial charge in [0.05, 0.1) is 19.8 Å². The number of nitriles is 1. The van der Waals surface area contributed by atoms with E-state index in [1.807, 2.05) is 37.3 Å². The van der Waals surface area contributed by atoms with Gasteiger partial charge in [-0.2, -0.15) is 5.26 Å². The van der Waals surface area contributed by atoms with Crippen LogP contribution in [0.15, 0.2) is 70.7 Å². The third-order valence-corrected chi connectivity index (χ3v) is 5.71. The molecule has 0 saturated heterocycles. The number of esters is 1. The second kappa shape index (κ2) is 11.9. The first-order valence-corrected chi connectivity index (χ1v) is 11.3. The number of nitrogens with one attached hydrogen (secondary N) is 1. The summed E-state index contributed by atoms with van der Waals surface area (Å²) >= 11 is 3.48. The lowest BCUT2D eigenvalue weighted by atomic mass is 10.1. The van der Waals surface area contributed by atoms with E-state index >= 15 is 0 Å². The Hall–Kier alpha value is -4.09. The van der Waals surface area contributed by atoms with Gasteiger partial charge >= 0.3 is 5.97 Å². The molecule has 0 unspecified atom stereocenters. The molecule has 0 heterocycles. The first-order chi connectivity index (χ1) is 16.8. The smallest absolute Gasteiger partial charge is 0.337 e. The van der Waals surface area contributed by atoms with Crippen molar-refractivity contribution in [3.8, 4) is 17.6 Å². The Morgan fingerprint density at radius 1 is 1.03 bits per heavy atom. The lowest BCUT2D eigenvalue weighted by molar-refractivity contribution is -0.112. The van der Waals surface area contributed by atoms with Crippen LogP contribution in [0.3, 0.4) is 0 Å². The van der Waals surface area contributed by atoms with Gasteiger partial charge in [0, 0.05) is 10.2 Å². The number of halogens is 1. The molecule has 178 valence electrons. The van der Waals surface area contributed by atoms with Crippen molar-refractivity contribution in [2.75, 3.05) is 19.5 Å². The van der Waals surface area contributed by atoms with Gasteiger partial charge in [0.1, 0.15) is 18.2 Å². The molecule has 3 rings (SSSR count). The van der Waals surface area contributed by atoms with E-state index in [0.717, 1.165) is 5.56 Å². The molecule has 8 heteroatoms. The molecule has 0 spiro atoms. The van der Waals surface area contributed by atoms with Crippen molar-refractivity contribution in [3.05, 3.63) is 93.0 Å². The van der Waals surface area contributed by atoms with Crippen LogP contribution in [-0.2, 0) is 16.1 Å². The highest BCUT2D eigenvalue weighted by molar-refractivity contribution is 9.10. The second-order valence-electron chi connectivity index (χ2n) is 7.49. The fourth-order valence-corrected chi connectivity index (χ4v) is 3.53. The van der Waals surface area contributed by atoms with Gasteiger partial charge in [0.15, 0.2) is 11.5 Å². The average Bonchev–Trinajstić information content (AvgIpc) is 2.87. The Balaban J connectivity index is 1.77. The lowest BCUT2D eigenvalue weighted by Crippen LogP contribution is -2.13. The van der Waals surface area contributed by atoms with Gasteiger partial charge < -0.3 is 19.5 Å². The van der Waals surface area contributed by atoms with Crippen molar-refractivity contribution in [2.24, 2.45) is 0 Å². The van der Waals surface area contributed by atoms with Crippen molar-refractivity contribution >= 4 is 39.6 Å². The number of hydrogen-bond donors (Lipinski definition) is 1. The summed E-state index contributed by atoms with van der Waals surface area (Å²) in [6.45, 7) is 2.38. The van der Waals surface area contributed by atoms with Gasteiger partial charge in [0.2, 0.25) is 0 Å². The molecular formula is C27H23BrN2O5. The van der Waals surface area contributed by atoms with E-state index in [1.54, 1.807) is 24.3 Å². The van der Waals surface area contributed by atoms with Crippen LogP contribution in [-0.4, -0.2) is 26.1 Å². The third-order valence-electron chi connectivity index (χ3n) is 5.03. The maximum absolute atomic E-state index is 12.7. The highest BCUT2D eigenvalue weighted by Gasteiger charge is 2.14. The average molecular weight is 535 g/mol. The Morgan fingerprint density at radius 2 is 1.71 bits per heavy atom. The Labute approximate surface area is 212 Å². The summed E-state index contributed by atoms with van der Waals surface area (Å²) in [4.78, 5) is 24.2. The molecule has 0 aliphatic carbocycles. The van der Waals surface area contributed by atoms with Gasteiger partial charge in [-0.05, 0) is 60.5 Å². The van der Waals surface area contributed by atoms with Crippen molar-refractivity contribution in [2.45, 2.75) is 13.5 Å². The van der Waals surface area contributed by atoms with Crippen LogP contribution in [0.4, 0.5) is 5.69 Å². The summed E-state index contributed by atoms with van der Waals surface area (Å²) in [7, 11) is 2.81. The van der Waals surface area contributed by atoms with Gasteiger partial charge in [0.25, 0.3) is 5.91 Å². The molecular weight excluding hydrogens is 512 g/mol. The number of hydrogen-bond acceptors (Lipinski definition) is 6. The molecule has 3 aromatic rings. The van der Waals surface area contributed by atoms with Crippen LogP contribution < -0.4 is 14.8 Å². The summed E-state index contributed by atoms with van der Waals surface area (Å²) in [5.41, 5.74) is 3.42. The molecule has 7 nitrogen and oxygen atoms in total. The maximum atomic E-state index is 12.7. The van der Waals surface area contributed by atoms with E-state index in [0.29, 0.717) is 39.4 Å². The van der Waals surface area contributed by atoms with E-state index in [-0.39, 0.29) is 5.57 Å². The van der Waals surface area contributed by atoms with E-state index in [2.05, 4.69) is 26.0 Å². The Bertz CT molecular complexity index is 1290. The predicted octanol–water partition coefficient (Wildman–Crippen LogP) is 5.68. The van der Waals surface area contributed by atoms with Crippen LogP contribution in [0, 0.1) is 18.3 Å². The normalized spacial score (nSPS) is 10.8. The number of methoxy groups -OCH3 is 2. The van der Waals surface area contributed by atoms with E-state index in [9.17, 15) is 14.9 Å². The molecule has 0 saturated carbocycles. The zero-order chi connectivity index (χ0) is 25.4. The van der Waals surface area contributed by atoms with Gasteiger partial charge in [-0.1, -0.05) is 45.8 Å². The van der Waals surface area contributed by atoms with Crippen molar-refractivity contribution in [3.63, 3.8) is 0 Å². The lowest BCUT2D eigenvalue weighted by Gasteiger charge is -2.13. The fourth-order valence-electron chi connectivity index (χ4n) is 3.09. The standard InChI is InChI=1S/C27H23BrN2O5/c1-17-4-6-18(7-5-17)16-35-25-14-23(28)20(13-24(25)33-2)12-21(15-29)26(31)30-22-10-8-19(9-11-22)27(32)34-3/h4-14H,16H2,1-3H3,(H,30,31)/b21-12+. The van der Waals surface area contributed by atoms with E-state index < -0.39 is 11.9 Å². The highest BCUT2D eigenvalue weighted by Crippen LogP contribution is 2.35. The topological polar surface area (TPSA) is 97.7 Å². The summed E-state index contributed by atoms with van der Waals surface area (Å²) in [5, 5.41) is 12.2. The number of carbonyl (C=O) groups is 2. The summed E-state index contributed by atoms with van der Waals surface area (Å²) in [6.07, 6.45) is 1.45. The minimum Gasteiger partial charge on any atom is -0.493 e. The number of nitrogens with zero attached hydrogens (tertiary/aromatic N) is 1. The van der Waals surface area contributed by atoms with E-state index in [1.165, 1.54) is 38.0 Å². The van der Waals surface area contributed by atoms with Crippen LogP contribution >= 0.6 is 15.9 Å². The van der Waals surface area contributed by atoms with Crippen molar-refractivity contribution in [1.82, 2.24) is 0 Å². The number of ether oxygens (including phenoxy) is 3. The Kier molecular flexibility index (Phi) is 8.65. The molecule has 3 aromatic carbocycles. The zero-order valence-corrected chi connectivity index (χ0v) is 21.0. The second-order valence-corrected chi connectivity index (χ2v) is 8.35. The quantitative estimate of drug-likeness (QED) is 0.227. The monoisotopic (exact) mass is 534 g/mol. The molecule has 0 aliphatic rings. The molecule has 1 amide bonds. The SMILES string of the molecule is COC(=O)c1ccc(NC(=O)/C(C#N)=C/c2cc(OC)c(OCc3ccc(C)cc3)cc2Br)cc1. The summed E-state index contributed by atoms with van der Waals surface area (Å²) in [6, 6.07) is 19.5. The predicted molar refractivity (Wildman–Crippen MR) is 136 cm³/mol. The maximum Gasteiger partial charge on any atom is 0.337 e. The van der Waals surface area contributed by atoms with Crippen molar-refractivity contribution in [1.29, 1.82) is 5.26 Å². The number of rotatable bonds is 8. The largest absolute Gasteiger partial charge is 0.493 e. The van der Waals surface area contributed by atoms with Crippen LogP contribution in [0.1, 0.15) is 27.0 Å². The number of amides is 1. The molecule has 35 heavy (non-hydrogen) atoms. The van der Waals surface area contributed by atoms with Crippen LogP contribution in [0.2, 0.25) is 0 Å². The molecule has 0 aliphatic heterocycles. The summed E-state index contributed by atoms with van der Waals surface area (Å²) < 4.78 is 16.7. The van der Waals surface area contributed by atoms with Gasteiger partial charge in [-0.25, -0.2) is 4.79 Å². The molecule has 0 fully saturated rings. The first kappa shape index (κ1) is 25.5. The third kappa shape index (κ3) is 6.71. The van der Waals surface area contributed by atoms with E-state index in [4.69, 9.17) is 9.47 Å². The number of carbonyl (C=O) groups excluding carboxylic acids is 2. The molecule has 0 bridgehead atoms. The van der Waals surface area contributed by atoms with Crippen molar-refractivity contribution < 1.29 is 23.8 Å².